The summed E-state index contributed by atoms with van der Waals surface area (Å²) < 4.78 is 11.8. The number of rotatable bonds is 3. The molecule has 2 aromatic rings. The molecule has 4 heteroatoms. The van der Waals surface area contributed by atoms with Gasteiger partial charge in [0.2, 0.25) is 0 Å². The van der Waals surface area contributed by atoms with Crippen LogP contribution in [0.2, 0.25) is 0 Å². The van der Waals surface area contributed by atoms with Gasteiger partial charge in [0.05, 0.1) is 4.90 Å². The van der Waals surface area contributed by atoms with Crippen LogP contribution in [0.5, 0.6) is 0 Å². The van der Waals surface area contributed by atoms with Crippen LogP contribution >= 0.6 is 10.8 Å². The molecule has 0 radical (unpaired) electrons. The van der Waals surface area contributed by atoms with Crippen LogP contribution in [0.4, 0.5) is 0 Å². The van der Waals surface area contributed by atoms with Crippen molar-refractivity contribution in [3.8, 4) is 0 Å². The zero-order chi connectivity index (χ0) is 10.5. The summed E-state index contributed by atoms with van der Waals surface area (Å²) in [4.78, 5) is 4.93. The first-order valence-corrected chi connectivity index (χ1v) is 6.91. The van der Waals surface area contributed by atoms with Gasteiger partial charge in [-0.2, -0.15) is 0 Å². The van der Waals surface area contributed by atoms with Gasteiger partial charge in [0.15, 0.2) is 0 Å². The first-order valence-electron chi connectivity index (χ1n) is 4.42. The van der Waals surface area contributed by atoms with Crippen molar-refractivity contribution in [3.05, 3.63) is 54.7 Å². The van der Waals surface area contributed by atoms with Gasteiger partial charge in [-0.25, -0.2) is 9.19 Å². The maximum Gasteiger partial charge on any atom is 0.119 e. The Morgan fingerprint density at radius 2 is 1.73 bits per heavy atom. The fourth-order valence-electron chi connectivity index (χ4n) is 1.05. The number of pyridine rings is 1. The molecule has 0 saturated heterocycles. The summed E-state index contributed by atoms with van der Waals surface area (Å²) in [6.45, 7) is 0. The standard InChI is InChI=1S/C11H9NOS2/c13-15(10-6-2-1-3-7-10)14-11-8-4-5-9-12-11/h1-9H. The highest BCUT2D eigenvalue weighted by Crippen LogP contribution is 2.24. The fraction of sp³-hybridized carbons (Fsp3) is 0. The lowest BCUT2D eigenvalue weighted by atomic mass is 10.4. The minimum absolute atomic E-state index is 0.777. The molecular formula is C11H9NOS2. The van der Waals surface area contributed by atoms with Crippen molar-refractivity contribution < 1.29 is 4.21 Å². The molecule has 76 valence electrons. The van der Waals surface area contributed by atoms with Crippen molar-refractivity contribution in [2.24, 2.45) is 0 Å². The Balaban J connectivity index is 2.12. The topological polar surface area (TPSA) is 30.0 Å². The van der Waals surface area contributed by atoms with Crippen molar-refractivity contribution in [3.63, 3.8) is 0 Å². The highest BCUT2D eigenvalue weighted by Gasteiger charge is 2.05. The number of hydrogen-bond donors (Lipinski definition) is 0. The molecule has 0 N–H and O–H groups in total. The lowest BCUT2D eigenvalue weighted by Gasteiger charge is -1.99. The zero-order valence-corrected chi connectivity index (χ0v) is 9.50. The molecule has 1 aromatic heterocycles. The maximum absolute atomic E-state index is 11.8. The van der Waals surface area contributed by atoms with Gasteiger partial charge in [0, 0.05) is 17.0 Å². The average Bonchev–Trinajstić information content (AvgIpc) is 2.31. The van der Waals surface area contributed by atoms with E-state index in [1.54, 1.807) is 6.20 Å². The van der Waals surface area contributed by atoms with Crippen molar-refractivity contribution >= 4 is 20.6 Å². The zero-order valence-electron chi connectivity index (χ0n) is 7.87. The number of benzene rings is 1. The third-order valence-corrected chi connectivity index (χ3v) is 4.50. The molecule has 1 heterocycles. The molecule has 0 aliphatic heterocycles. The summed E-state index contributed by atoms with van der Waals surface area (Å²) in [7, 11) is 0.178. The van der Waals surface area contributed by atoms with Gasteiger partial charge in [-0.05, 0) is 24.3 Å². The van der Waals surface area contributed by atoms with E-state index in [0.29, 0.717) is 0 Å². The lowest BCUT2D eigenvalue weighted by molar-refractivity contribution is 0.691. The van der Waals surface area contributed by atoms with E-state index < -0.39 is 9.83 Å². The van der Waals surface area contributed by atoms with Crippen molar-refractivity contribution in [1.82, 2.24) is 4.98 Å². The minimum Gasteiger partial charge on any atom is -0.249 e. The molecule has 0 spiro atoms. The van der Waals surface area contributed by atoms with Gasteiger partial charge in [0.1, 0.15) is 14.9 Å². The van der Waals surface area contributed by atoms with Crippen LogP contribution in [-0.2, 0) is 9.83 Å². The van der Waals surface area contributed by atoms with Crippen LogP contribution in [0.1, 0.15) is 0 Å². The monoisotopic (exact) mass is 235 g/mol. The van der Waals surface area contributed by atoms with E-state index >= 15 is 0 Å². The molecule has 0 amide bonds. The second-order valence-electron chi connectivity index (χ2n) is 2.80. The molecule has 0 saturated carbocycles. The smallest absolute Gasteiger partial charge is 0.119 e. The molecule has 2 nitrogen and oxygen atoms in total. The van der Waals surface area contributed by atoms with E-state index in [9.17, 15) is 4.21 Å². The van der Waals surface area contributed by atoms with Crippen molar-refractivity contribution in [2.75, 3.05) is 0 Å². The molecule has 0 fully saturated rings. The normalized spacial score (nSPS) is 12.3. The van der Waals surface area contributed by atoms with Crippen LogP contribution in [0.25, 0.3) is 0 Å². The molecular weight excluding hydrogens is 226 g/mol. The van der Waals surface area contributed by atoms with Crippen LogP contribution in [-0.4, -0.2) is 9.19 Å². The van der Waals surface area contributed by atoms with Gasteiger partial charge in [-0.1, -0.05) is 24.3 Å². The molecule has 15 heavy (non-hydrogen) atoms. The highest BCUT2D eigenvalue weighted by atomic mass is 33.1. The Bertz CT molecular complexity index is 445. The van der Waals surface area contributed by atoms with E-state index in [1.807, 2.05) is 48.5 Å². The molecule has 1 aromatic carbocycles. The Morgan fingerprint density at radius 1 is 1.00 bits per heavy atom. The Morgan fingerprint density at radius 3 is 2.40 bits per heavy atom. The average molecular weight is 235 g/mol. The highest BCUT2D eigenvalue weighted by molar-refractivity contribution is 8.69. The predicted octanol–water partition coefficient (Wildman–Crippen LogP) is 2.90. The molecule has 1 unspecified atom stereocenters. The van der Waals surface area contributed by atoms with Crippen LogP contribution in [0.3, 0.4) is 0 Å². The van der Waals surface area contributed by atoms with Gasteiger partial charge in [0.25, 0.3) is 0 Å². The number of nitrogens with zero attached hydrogens (tertiary/aromatic N) is 1. The van der Waals surface area contributed by atoms with E-state index in [1.165, 1.54) is 10.8 Å². The number of hydrogen-bond acceptors (Lipinski definition) is 3. The minimum atomic E-state index is -1.08. The van der Waals surface area contributed by atoms with Gasteiger partial charge in [-0.15, -0.1) is 0 Å². The molecule has 0 aliphatic carbocycles. The Kier molecular flexibility index (Phi) is 3.53. The molecule has 0 aliphatic rings. The molecule has 2 rings (SSSR count). The Hall–Kier alpha value is -1.13. The van der Waals surface area contributed by atoms with E-state index in [-0.39, 0.29) is 0 Å². The van der Waals surface area contributed by atoms with Gasteiger partial charge >= 0.3 is 0 Å². The largest absolute Gasteiger partial charge is 0.249 e. The Labute approximate surface area is 94.6 Å². The second-order valence-corrected chi connectivity index (χ2v) is 5.73. The summed E-state index contributed by atoms with van der Waals surface area (Å²) in [5, 5.41) is 0.777. The van der Waals surface area contributed by atoms with Gasteiger partial charge in [-0.3, -0.25) is 0 Å². The van der Waals surface area contributed by atoms with E-state index in [0.717, 1.165) is 9.92 Å². The molecule has 1 atom stereocenters. The molecule has 0 bridgehead atoms. The fourth-order valence-corrected chi connectivity index (χ4v) is 3.31. The first kappa shape index (κ1) is 10.4. The summed E-state index contributed by atoms with van der Waals surface area (Å²) in [5.74, 6) is 0. The lowest BCUT2D eigenvalue weighted by Crippen LogP contribution is -1.86. The summed E-state index contributed by atoms with van der Waals surface area (Å²) in [6, 6.07) is 15.0. The SMILES string of the molecule is O=S(Sc1ccccn1)c1ccccc1. The predicted molar refractivity (Wildman–Crippen MR) is 62.9 cm³/mol. The van der Waals surface area contributed by atoms with Crippen LogP contribution in [0, 0.1) is 0 Å². The maximum atomic E-state index is 11.8. The third-order valence-electron chi connectivity index (χ3n) is 1.73. The quantitative estimate of drug-likeness (QED) is 0.766. The number of aromatic nitrogens is 1. The summed E-state index contributed by atoms with van der Waals surface area (Å²) >= 11 is 0. The summed E-state index contributed by atoms with van der Waals surface area (Å²) in [6.07, 6.45) is 1.70. The van der Waals surface area contributed by atoms with Crippen LogP contribution in [0.15, 0.2) is 64.6 Å². The van der Waals surface area contributed by atoms with E-state index in [4.69, 9.17) is 0 Å². The van der Waals surface area contributed by atoms with Gasteiger partial charge < -0.3 is 0 Å². The van der Waals surface area contributed by atoms with Crippen LogP contribution < -0.4 is 0 Å². The summed E-state index contributed by atoms with van der Waals surface area (Å²) in [5.41, 5.74) is 0. The third kappa shape index (κ3) is 2.91. The van der Waals surface area contributed by atoms with E-state index in [2.05, 4.69) is 4.98 Å². The van der Waals surface area contributed by atoms with Crippen molar-refractivity contribution in [1.29, 1.82) is 0 Å². The van der Waals surface area contributed by atoms with Crippen molar-refractivity contribution in [2.45, 2.75) is 9.92 Å². The second kappa shape index (κ2) is 5.09. The first-order chi connectivity index (χ1) is 7.36.